The van der Waals surface area contributed by atoms with Crippen LogP contribution in [-0.4, -0.2) is 19.5 Å². The molecule has 0 N–H and O–H groups in total. The van der Waals surface area contributed by atoms with Crippen LogP contribution in [0.15, 0.2) is 121 Å². The van der Waals surface area contributed by atoms with Crippen LogP contribution in [0.3, 0.4) is 0 Å². The fourth-order valence-electron chi connectivity index (χ4n) is 5.27. The minimum absolute atomic E-state index is 0.449. The number of benzene rings is 5. The molecule has 5 aromatic carbocycles. The summed E-state index contributed by atoms with van der Waals surface area (Å²) < 4.78 is 2.06. The number of nitriles is 1. The third-order valence-corrected chi connectivity index (χ3v) is 7.13. The van der Waals surface area contributed by atoms with Gasteiger partial charge >= 0.3 is 0 Å². The van der Waals surface area contributed by atoms with Gasteiger partial charge in [0.15, 0.2) is 17.3 Å². The maximum atomic E-state index is 9.80. The van der Waals surface area contributed by atoms with Gasteiger partial charge in [-0.3, -0.25) is 4.57 Å². The van der Waals surface area contributed by atoms with Crippen LogP contribution in [0.5, 0.6) is 0 Å². The van der Waals surface area contributed by atoms with E-state index in [1.54, 1.807) is 18.2 Å². The van der Waals surface area contributed by atoms with Crippen LogP contribution in [0.25, 0.3) is 66.5 Å². The van der Waals surface area contributed by atoms with Crippen molar-refractivity contribution in [2.75, 3.05) is 0 Å². The topological polar surface area (TPSA) is 71.8 Å². The summed E-state index contributed by atoms with van der Waals surface area (Å²) in [5.74, 6) is 1.68. The molecule has 7 aromatic rings. The molecule has 0 radical (unpaired) electrons. The van der Waals surface area contributed by atoms with Crippen molar-refractivity contribution in [3.63, 3.8) is 0 Å². The van der Waals surface area contributed by atoms with Crippen LogP contribution in [-0.2, 0) is 0 Å². The Morgan fingerprint density at radius 2 is 1.24 bits per heavy atom. The Morgan fingerprint density at radius 3 is 1.90 bits per heavy atom. The lowest BCUT2D eigenvalue weighted by molar-refractivity contribution is 0.953. The van der Waals surface area contributed by atoms with Gasteiger partial charge in [-0.25, -0.2) is 9.83 Å². The Hall–Kier alpha value is -6.11. The van der Waals surface area contributed by atoms with Crippen LogP contribution in [0.1, 0.15) is 5.56 Å². The van der Waals surface area contributed by atoms with Gasteiger partial charge in [0, 0.05) is 33.0 Å². The maximum Gasteiger partial charge on any atom is 0.238 e. The number of hydrogen-bond donors (Lipinski definition) is 0. The van der Waals surface area contributed by atoms with E-state index in [9.17, 15) is 5.26 Å². The highest BCUT2D eigenvalue weighted by Crippen LogP contribution is 2.38. The molecule has 0 aliphatic rings. The molecule has 41 heavy (non-hydrogen) atoms. The van der Waals surface area contributed by atoms with Gasteiger partial charge in [0.2, 0.25) is 5.95 Å². The molecule has 2 aromatic heterocycles. The fraction of sp³-hybridized carbons (Fsp3) is 0. The number of fused-ring (bicyclic) bond motifs is 3. The van der Waals surface area contributed by atoms with E-state index >= 15 is 0 Å². The van der Waals surface area contributed by atoms with Gasteiger partial charge in [0.1, 0.15) is 0 Å². The SMILES string of the molecule is [C-]#[N+]c1cccc(C#N)c1-c1ccc2c(c1)c1ccccc1n2-c1nc(-c2ccccc2)nc(-c2ccccc2)n1. The summed E-state index contributed by atoms with van der Waals surface area (Å²) in [6, 6.07) is 41.4. The van der Waals surface area contributed by atoms with E-state index in [4.69, 9.17) is 21.5 Å². The first kappa shape index (κ1) is 24.0. The minimum Gasteiger partial charge on any atom is -0.278 e. The number of aromatic nitrogens is 4. The third kappa shape index (κ3) is 4.08. The lowest BCUT2D eigenvalue weighted by atomic mass is 9.97. The molecule has 0 amide bonds. The number of hydrogen-bond acceptors (Lipinski definition) is 4. The molecule has 0 aliphatic heterocycles. The van der Waals surface area contributed by atoms with Gasteiger partial charge in [-0.2, -0.15) is 15.2 Å². The van der Waals surface area contributed by atoms with Crippen molar-refractivity contribution in [1.82, 2.24) is 19.5 Å². The molecule has 2 heterocycles. The predicted molar refractivity (Wildman–Crippen MR) is 161 cm³/mol. The standard InChI is InChI=1S/C35H20N6/c1-37-29-17-10-15-26(22-36)32(29)25-19-20-31-28(21-25)27-16-8-9-18-30(27)41(31)35-39-33(23-11-4-2-5-12-23)38-34(40-35)24-13-6-3-7-14-24/h2-21H. The van der Waals surface area contributed by atoms with Crippen LogP contribution in [0.4, 0.5) is 5.69 Å². The Morgan fingerprint density at radius 1 is 0.610 bits per heavy atom. The van der Waals surface area contributed by atoms with E-state index < -0.39 is 0 Å². The molecule has 0 fully saturated rings. The normalized spacial score (nSPS) is 10.9. The Balaban J connectivity index is 1.52. The minimum atomic E-state index is 0.449. The summed E-state index contributed by atoms with van der Waals surface area (Å²) in [5, 5.41) is 11.8. The zero-order valence-corrected chi connectivity index (χ0v) is 21.7. The Labute approximate surface area is 236 Å². The van der Waals surface area contributed by atoms with Crippen LogP contribution >= 0.6 is 0 Å². The van der Waals surface area contributed by atoms with E-state index in [1.165, 1.54) is 0 Å². The molecule has 0 atom stereocenters. The average molecular weight is 525 g/mol. The van der Waals surface area contributed by atoms with Crippen LogP contribution in [0, 0.1) is 17.9 Å². The van der Waals surface area contributed by atoms with E-state index in [-0.39, 0.29) is 0 Å². The first-order valence-corrected chi connectivity index (χ1v) is 13.1. The highest BCUT2D eigenvalue weighted by molar-refractivity contribution is 6.10. The summed E-state index contributed by atoms with van der Waals surface area (Å²) in [6.45, 7) is 7.69. The number of para-hydroxylation sites is 1. The van der Waals surface area contributed by atoms with Gasteiger partial charge in [-0.05, 0) is 29.8 Å². The van der Waals surface area contributed by atoms with Gasteiger partial charge in [0.25, 0.3) is 0 Å². The molecule has 0 aliphatic carbocycles. The molecule has 0 spiro atoms. The summed E-state index contributed by atoms with van der Waals surface area (Å²) in [4.78, 5) is 18.5. The first-order valence-electron chi connectivity index (χ1n) is 13.1. The molecular formula is C35H20N6. The van der Waals surface area contributed by atoms with Gasteiger partial charge in [-0.15, -0.1) is 0 Å². The van der Waals surface area contributed by atoms with E-state index in [0.717, 1.165) is 38.5 Å². The quantitative estimate of drug-likeness (QED) is 0.217. The predicted octanol–water partition coefficient (Wildman–Crippen LogP) is 8.39. The second kappa shape index (κ2) is 9.89. The van der Waals surface area contributed by atoms with Crippen LogP contribution < -0.4 is 0 Å². The second-order valence-electron chi connectivity index (χ2n) is 9.52. The van der Waals surface area contributed by atoms with E-state index in [1.807, 2.05) is 84.9 Å². The third-order valence-electron chi connectivity index (χ3n) is 7.13. The van der Waals surface area contributed by atoms with Crippen molar-refractivity contribution < 1.29 is 0 Å². The highest BCUT2D eigenvalue weighted by Gasteiger charge is 2.19. The van der Waals surface area contributed by atoms with Crippen molar-refractivity contribution in [2.24, 2.45) is 0 Å². The van der Waals surface area contributed by atoms with E-state index in [2.05, 4.69) is 33.7 Å². The largest absolute Gasteiger partial charge is 0.278 e. The molecule has 0 saturated heterocycles. The molecule has 6 nitrogen and oxygen atoms in total. The zero-order valence-electron chi connectivity index (χ0n) is 21.7. The van der Waals surface area contributed by atoms with Crippen molar-refractivity contribution in [3.05, 3.63) is 138 Å². The Bertz CT molecular complexity index is 2080. The molecule has 0 unspecified atom stereocenters. The van der Waals surface area contributed by atoms with Gasteiger partial charge in [-0.1, -0.05) is 97.1 Å². The number of nitrogens with zero attached hydrogens (tertiary/aromatic N) is 6. The van der Waals surface area contributed by atoms with Crippen molar-refractivity contribution in [3.8, 4) is 45.9 Å². The van der Waals surface area contributed by atoms with Crippen molar-refractivity contribution in [1.29, 1.82) is 5.26 Å². The summed E-state index contributed by atoms with van der Waals surface area (Å²) in [6.07, 6.45) is 0. The fourth-order valence-corrected chi connectivity index (χ4v) is 5.27. The maximum absolute atomic E-state index is 9.80. The summed E-state index contributed by atoms with van der Waals surface area (Å²) in [5.41, 5.74) is 6.03. The van der Waals surface area contributed by atoms with Gasteiger partial charge in [0.05, 0.1) is 23.7 Å². The zero-order chi connectivity index (χ0) is 27.8. The second-order valence-corrected chi connectivity index (χ2v) is 9.52. The first-order chi connectivity index (χ1) is 20.2. The van der Waals surface area contributed by atoms with Gasteiger partial charge < -0.3 is 0 Å². The molecule has 190 valence electrons. The average Bonchev–Trinajstić information content (AvgIpc) is 3.38. The van der Waals surface area contributed by atoms with Crippen LogP contribution in [0.2, 0.25) is 0 Å². The molecule has 6 heteroatoms. The summed E-state index contributed by atoms with van der Waals surface area (Å²) >= 11 is 0. The molecule has 7 rings (SSSR count). The molecular weight excluding hydrogens is 504 g/mol. The van der Waals surface area contributed by atoms with E-state index in [0.29, 0.717) is 34.4 Å². The monoisotopic (exact) mass is 524 g/mol. The lowest BCUT2D eigenvalue weighted by Crippen LogP contribution is -2.06. The molecule has 0 saturated carbocycles. The highest BCUT2D eigenvalue weighted by atomic mass is 15.2. The smallest absolute Gasteiger partial charge is 0.238 e. The number of rotatable bonds is 4. The molecule has 0 bridgehead atoms. The Kier molecular flexibility index (Phi) is 5.78. The lowest BCUT2D eigenvalue weighted by Gasteiger charge is -2.11. The van der Waals surface area contributed by atoms with Crippen molar-refractivity contribution in [2.45, 2.75) is 0 Å². The summed E-state index contributed by atoms with van der Waals surface area (Å²) in [7, 11) is 0. The van der Waals surface area contributed by atoms with Crippen molar-refractivity contribution >= 4 is 27.5 Å².